The van der Waals surface area contributed by atoms with Crippen molar-refractivity contribution in [3.8, 4) is 0 Å². The molecule has 3 heterocycles. The van der Waals surface area contributed by atoms with Gasteiger partial charge in [0.05, 0.1) is 0 Å². The first-order valence-electron chi connectivity index (χ1n) is 15.1. The zero-order chi connectivity index (χ0) is 27.8. The van der Waals surface area contributed by atoms with Gasteiger partial charge >= 0.3 is 0 Å². The predicted octanol–water partition coefficient (Wildman–Crippen LogP) is 6.07. The summed E-state index contributed by atoms with van der Waals surface area (Å²) in [7, 11) is 0. The van der Waals surface area contributed by atoms with Crippen LogP contribution in [-0.4, -0.2) is 52.9 Å². The first-order valence-corrected chi connectivity index (χ1v) is 15.1. The molecule has 0 radical (unpaired) electrons. The third-order valence-electron chi connectivity index (χ3n) is 8.00. The van der Waals surface area contributed by atoms with E-state index in [0.29, 0.717) is 18.9 Å². The summed E-state index contributed by atoms with van der Waals surface area (Å²) in [5.41, 5.74) is 4.00. The number of nitrogens with zero attached hydrogens (tertiary/aromatic N) is 5. The van der Waals surface area contributed by atoms with Crippen molar-refractivity contribution in [2.24, 2.45) is 11.8 Å². The molecule has 1 aromatic heterocycles. The molecule has 2 aliphatic heterocycles. The lowest BCUT2D eigenvalue weighted by Crippen LogP contribution is -2.43. The van der Waals surface area contributed by atoms with E-state index in [9.17, 15) is 9.59 Å². The number of hydrogen-bond donors (Lipinski definition) is 0. The van der Waals surface area contributed by atoms with E-state index in [-0.39, 0.29) is 17.7 Å². The van der Waals surface area contributed by atoms with Gasteiger partial charge in [-0.05, 0) is 63.1 Å². The SMILES string of the molecule is Cc1cc(C)nc(N2CCC(C(=O)N3CCCCCCCCN(C(=O)CC(C)C)c4ccccc4C3)CC2)n1. The first-order chi connectivity index (χ1) is 18.8. The van der Waals surface area contributed by atoms with E-state index in [4.69, 9.17) is 0 Å². The van der Waals surface area contributed by atoms with Crippen LogP contribution in [0, 0.1) is 25.7 Å². The number of piperidine rings is 1. The summed E-state index contributed by atoms with van der Waals surface area (Å²) in [6, 6.07) is 10.2. The van der Waals surface area contributed by atoms with Crippen LogP contribution >= 0.6 is 0 Å². The first kappa shape index (κ1) is 29.0. The maximum absolute atomic E-state index is 14.0. The second kappa shape index (κ2) is 13.9. The van der Waals surface area contributed by atoms with Gasteiger partial charge in [-0.25, -0.2) is 9.97 Å². The molecular formula is C32H47N5O2. The van der Waals surface area contributed by atoms with Gasteiger partial charge in [-0.3, -0.25) is 9.59 Å². The number of carbonyl (C=O) groups is 2. The maximum atomic E-state index is 14.0. The summed E-state index contributed by atoms with van der Waals surface area (Å²) >= 11 is 0. The number of para-hydroxylation sites is 1. The highest BCUT2D eigenvalue weighted by molar-refractivity contribution is 5.94. The average molecular weight is 534 g/mol. The molecule has 0 bridgehead atoms. The van der Waals surface area contributed by atoms with Crippen LogP contribution in [0.5, 0.6) is 0 Å². The van der Waals surface area contributed by atoms with E-state index in [0.717, 1.165) is 93.3 Å². The lowest BCUT2D eigenvalue weighted by atomic mass is 9.94. The van der Waals surface area contributed by atoms with Crippen LogP contribution < -0.4 is 9.80 Å². The molecular weight excluding hydrogens is 486 g/mol. The smallest absolute Gasteiger partial charge is 0.227 e. The lowest BCUT2D eigenvalue weighted by Gasteiger charge is -2.35. The molecule has 2 aliphatic rings. The molecule has 1 fully saturated rings. The topological polar surface area (TPSA) is 69.6 Å². The zero-order valence-corrected chi connectivity index (χ0v) is 24.5. The molecule has 7 nitrogen and oxygen atoms in total. The van der Waals surface area contributed by atoms with Gasteiger partial charge < -0.3 is 14.7 Å². The minimum atomic E-state index is 0.00804. The zero-order valence-electron chi connectivity index (χ0n) is 24.5. The van der Waals surface area contributed by atoms with Crippen LogP contribution in [0.3, 0.4) is 0 Å². The van der Waals surface area contributed by atoms with E-state index in [1.807, 2.05) is 36.9 Å². The van der Waals surface area contributed by atoms with Gasteiger partial charge in [0, 0.05) is 62.1 Å². The maximum Gasteiger partial charge on any atom is 0.227 e. The van der Waals surface area contributed by atoms with Gasteiger partial charge in [0.2, 0.25) is 17.8 Å². The fourth-order valence-electron chi connectivity index (χ4n) is 5.93. The van der Waals surface area contributed by atoms with Crippen LogP contribution in [0.4, 0.5) is 11.6 Å². The molecule has 2 aromatic rings. The lowest BCUT2D eigenvalue weighted by molar-refractivity contribution is -0.137. The Morgan fingerprint density at radius 2 is 1.49 bits per heavy atom. The molecule has 1 aromatic carbocycles. The number of aromatic nitrogens is 2. The Morgan fingerprint density at radius 1 is 0.872 bits per heavy atom. The molecule has 0 atom stereocenters. The Hall–Kier alpha value is -2.96. The van der Waals surface area contributed by atoms with Crippen LogP contribution in [0.1, 0.15) is 88.6 Å². The molecule has 0 spiro atoms. The molecule has 7 heteroatoms. The standard InChI is InChI=1S/C32H47N5O2/c1-24(2)21-30(38)37-18-12-8-6-5-7-11-17-36(23-28-13-9-10-14-29(28)37)31(39)27-15-19-35(20-16-27)32-33-25(3)22-26(4)34-32/h9-10,13-14,22,24,27H,5-8,11-12,15-21,23H2,1-4H3. The fourth-order valence-corrected chi connectivity index (χ4v) is 5.93. The largest absolute Gasteiger partial charge is 0.341 e. The van der Waals surface area contributed by atoms with Crippen molar-refractivity contribution in [1.82, 2.24) is 14.9 Å². The van der Waals surface area contributed by atoms with Crippen molar-refractivity contribution < 1.29 is 9.59 Å². The quantitative estimate of drug-likeness (QED) is 0.477. The van der Waals surface area contributed by atoms with Gasteiger partial charge in [-0.15, -0.1) is 0 Å². The normalized spacial score (nSPS) is 18.2. The molecule has 0 unspecified atom stereocenters. The average Bonchev–Trinajstić information content (AvgIpc) is 2.92. The van der Waals surface area contributed by atoms with Gasteiger partial charge in [0.1, 0.15) is 0 Å². The van der Waals surface area contributed by atoms with Crippen molar-refractivity contribution in [3.63, 3.8) is 0 Å². The van der Waals surface area contributed by atoms with Crippen LogP contribution in [0.15, 0.2) is 30.3 Å². The third-order valence-corrected chi connectivity index (χ3v) is 8.00. The minimum absolute atomic E-state index is 0.00804. The number of rotatable bonds is 4. The van der Waals surface area contributed by atoms with Crippen molar-refractivity contribution in [1.29, 1.82) is 0 Å². The fraction of sp³-hybridized carbons (Fsp3) is 0.625. The summed E-state index contributed by atoms with van der Waals surface area (Å²) in [6.07, 6.45) is 8.86. The number of fused-ring (bicyclic) bond motifs is 1. The molecule has 4 rings (SSSR count). The van der Waals surface area contributed by atoms with Crippen molar-refractivity contribution in [2.75, 3.05) is 36.0 Å². The number of amides is 2. The molecule has 1 saturated heterocycles. The summed E-state index contributed by atoms with van der Waals surface area (Å²) < 4.78 is 0. The third kappa shape index (κ3) is 8.02. The molecule has 0 aliphatic carbocycles. The van der Waals surface area contributed by atoms with Crippen LogP contribution in [0.2, 0.25) is 0 Å². The number of carbonyl (C=O) groups excluding carboxylic acids is 2. The van der Waals surface area contributed by atoms with E-state index in [2.05, 4.69) is 45.7 Å². The number of anilines is 2. The Kier molecular flexibility index (Phi) is 10.4. The minimum Gasteiger partial charge on any atom is -0.341 e. The molecule has 0 saturated carbocycles. The van der Waals surface area contributed by atoms with E-state index in [1.165, 1.54) is 12.8 Å². The second-order valence-electron chi connectivity index (χ2n) is 11.9. The van der Waals surface area contributed by atoms with Crippen molar-refractivity contribution >= 4 is 23.5 Å². The van der Waals surface area contributed by atoms with Gasteiger partial charge in [0.15, 0.2) is 0 Å². The Balaban J connectivity index is 1.51. The summed E-state index contributed by atoms with van der Waals surface area (Å²) in [4.78, 5) is 42.9. The Morgan fingerprint density at radius 3 is 2.15 bits per heavy atom. The number of benzene rings is 1. The highest BCUT2D eigenvalue weighted by Gasteiger charge is 2.30. The molecule has 2 amide bonds. The van der Waals surface area contributed by atoms with E-state index < -0.39 is 0 Å². The number of aryl methyl sites for hydroxylation is 2. The van der Waals surface area contributed by atoms with Crippen LogP contribution in [-0.2, 0) is 16.1 Å². The Labute approximate surface area is 235 Å². The number of hydrogen-bond acceptors (Lipinski definition) is 5. The van der Waals surface area contributed by atoms with Crippen molar-refractivity contribution in [2.45, 2.75) is 92.0 Å². The summed E-state index contributed by atoms with van der Waals surface area (Å²) in [6.45, 7) is 11.9. The van der Waals surface area contributed by atoms with E-state index >= 15 is 0 Å². The van der Waals surface area contributed by atoms with Gasteiger partial charge in [-0.1, -0.05) is 57.7 Å². The van der Waals surface area contributed by atoms with Crippen LogP contribution in [0.25, 0.3) is 0 Å². The van der Waals surface area contributed by atoms with Crippen molar-refractivity contribution in [3.05, 3.63) is 47.3 Å². The second-order valence-corrected chi connectivity index (χ2v) is 11.9. The summed E-state index contributed by atoms with van der Waals surface area (Å²) in [5.74, 6) is 1.54. The predicted molar refractivity (Wildman–Crippen MR) is 158 cm³/mol. The summed E-state index contributed by atoms with van der Waals surface area (Å²) in [5, 5.41) is 0. The Bertz CT molecular complexity index is 1090. The highest BCUT2D eigenvalue weighted by atomic mass is 16.2. The highest BCUT2D eigenvalue weighted by Crippen LogP contribution is 2.28. The van der Waals surface area contributed by atoms with Gasteiger partial charge in [-0.2, -0.15) is 0 Å². The monoisotopic (exact) mass is 533 g/mol. The molecule has 212 valence electrons. The molecule has 0 N–H and O–H groups in total. The van der Waals surface area contributed by atoms with E-state index in [1.54, 1.807) is 0 Å². The molecule has 39 heavy (non-hydrogen) atoms. The van der Waals surface area contributed by atoms with Gasteiger partial charge in [0.25, 0.3) is 0 Å².